The van der Waals surface area contributed by atoms with Crippen molar-refractivity contribution in [2.24, 2.45) is 10.2 Å². The van der Waals surface area contributed by atoms with E-state index >= 15 is 0 Å². The van der Waals surface area contributed by atoms with Gasteiger partial charge in [-0.2, -0.15) is 5.10 Å². The molecule has 1 aliphatic rings. The van der Waals surface area contributed by atoms with E-state index in [2.05, 4.69) is 15.5 Å². The minimum absolute atomic E-state index is 0.0328. The van der Waals surface area contributed by atoms with Crippen molar-refractivity contribution >= 4 is 35.0 Å². The number of ether oxygens (including phenoxy) is 1. The normalized spacial score (nSPS) is 19.3. The first-order valence-electron chi connectivity index (χ1n) is 6.75. The van der Waals surface area contributed by atoms with E-state index in [4.69, 9.17) is 9.84 Å². The van der Waals surface area contributed by atoms with Crippen LogP contribution in [0.25, 0.3) is 0 Å². The van der Waals surface area contributed by atoms with E-state index in [0.29, 0.717) is 17.9 Å². The first-order chi connectivity index (χ1) is 11.0. The molecule has 9 heteroatoms. The first kappa shape index (κ1) is 16.8. The number of phenols is 1. The van der Waals surface area contributed by atoms with Crippen LogP contribution in [-0.2, 0) is 9.59 Å². The van der Waals surface area contributed by atoms with Gasteiger partial charge in [0.25, 0.3) is 0 Å². The molecule has 1 aromatic rings. The van der Waals surface area contributed by atoms with Gasteiger partial charge in [-0.15, -0.1) is 5.10 Å². The highest BCUT2D eigenvalue weighted by molar-refractivity contribution is 8.15. The van der Waals surface area contributed by atoms with Crippen LogP contribution >= 0.6 is 11.8 Å². The fourth-order valence-electron chi connectivity index (χ4n) is 1.78. The molecule has 8 nitrogen and oxygen atoms in total. The molecule has 1 aliphatic heterocycles. The van der Waals surface area contributed by atoms with E-state index in [1.807, 2.05) is 0 Å². The number of aliphatic carboxylic acids is 1. The highest BCUT2D eigenvalue weighted by Gasteiger charge is 2.32. The molecular formula is C14H15N3O5S. The topological polar surface area (TPSA) is 121 Å². The second kappa shape index (κ2) is 7.63. The molecule has 2 rings (SSSR count). The molecule has 0 spiro atoms. The van der Waals surface area contributed by atoms with E-state index in [1.165, 1.54) is 12.3 Å². The Labute approximate surface area is 136 Å². The molecule has 1 atom stereocenters. The third-order valence-corrected chi connectivity index (χ3v) is 3.85. The second-order valence-corrected chi connectivity index (χ2v) is 5.69. The second-order valence-electron chi connectivity index (χ2n) is 4.50. The number of amidine groups is 1. The molecule has 0 bridgehead atoms. The highest BCUT2D eigenvalue weighted by Crippen LogP contribution is 2.26. The Hall–Kier alpha value is -2.55. The summed E-state index contributed by atoms with van der Waals surface area (Å²) in [5.41, 5.74) is 0.659. The van der Waals surface area contributed by atoms with Crippen LogP contribution in [0.1, 0.15) is 18.9 Å². The van der Waals surface area contributed by atoms with E-state index in [-0.39, 0.29) is 17.3 Å². The molecule has 1 aromatic carbocycles. The van der Waals surface area contributed by atoms with Gasteiger partial charge in [-0.25, -0.2) is 0 Å². The fraction of sp³-hybridized carbons (Fsp3) is 0.286. The smallest absolute Gasteiger partial charge is 0.305 e. The summed E-state index contributed by atoms with van der Waals surface area (Å²) < 4.78 is 5.26. The van der Waals surface area contributed by atoms with Crippen molar-refractivity contribution in [2.45, 2.75) is 18.6 Å². The van der Waals surface area contributed by atoms with Gasteiger partial charge >= 0.3 is 5.97 Å². The van der Waals surface area contributed by atoms with Crippen LogP contribution in [-0.4, -0.2) is 45.3 Å². The molecule has 3 N–H and O–H groups in total. The predicted octanol–water partition coefficient (Wildman–Crippen LogP) is 1.19. The van der Waals surface area contributed by atoms with Gasteiger partial charge in [0.2, 0.25) is 5.91 Å². The minimum atomic E-state index is -1.05. The number of benzene rings is 1. The quantitative estimate of drug-likeness (QED) is 0.529. The summed E-state index contributed by atoms with van der Waals surface area (Å²) in [7, 11) is 0. The van der Waals surface area contributed by atoms with Gasteiger partial charge in [-0.05, 0) is 30.7 Å². The number of carbonyl (C=O) groups is 2. The lowest BCUT2D eigenvalue weighted by Crippen LogP contribution is -2.26. The molecular weight excluding hydrogens is 322 g/mol. The lowest BCUT2D eigenvalue weighted by molar-refractivity contribution is -0.138. The zero-order valence-corrected chi connectivity index (χ0v) is 13.0. The van der Waals surface area contributed by atoms with Crippen molar-refractivity contribution in [1.82, 2.24) is 5.32 Å². The molecule has 1 heterocycles. The maximum atomic E-state index is 11.5. The predicted molar refractivity (Wildman–Crippen MR) is 86.1 cm³/mol. The van der Waals surface area contributed by atoms with Gasteiger partial charge in [-0.3, -0.25) is 9.59 Å². The summed E-state index contributed by atoms with van der Waals surface area (Å²) in [5, 5.41) is 28.0. The fourth-order valence-corrected chi connectivity index (χ4v) is 2.69. The lowest BCUT2D eigenvalue weighted by atomic mass is 10.2. The summed E-state index contributed by atoms with van der Waals surface area (Å²) in [6, 6.07) is 4.72. The molecule has 0 unspecified atom stereocenters. The van der Waals surface area contributed by atoms with Crippen molar-refractivity contribution in [3.8, 4) is 11.5 Å². The number of thioether (sulfide) groups is 1. The number of carboxylic acid groups (broad SMARTS) is 1. The van der Waals surface area contributed by atoms with Crippen molar-refractivity contribution in [1.29, 1.82) is 0 Å². The number of rotatable bonds is 6. The molecule has 0 aromatic heterocycles. The molecule has 0 aliphatic carbocycles. The summed E-state index contributed by atoms with van der Waals surface area (Å²) in [6.07, 6.45) is 1.17. The number of hydrogen-bond acceptors (Lipinski definition) is 7. The number of nitrogens with zero attached hydrogens (tertiary/aromatic N) is 2. The number of nitrogens with one attached hydrogen (secondary N) is 1. The SMILES string of the molecule is CCOc1cc(/C=N\N=C2\NC(=O)[C@@H](CC(=O)O)S2)ccc1O. The maximum Gasteiger partial charge on any atom is 0.305 e. The summed E-state index contributed by atoms with van der Waals surface area (Å²) in [4.78, 5) is 22.2. The maximum absolute atomic E-state index is 11.5. The number of phenolic OH excluding ortho intramolecular Hbond substituents is 1. The Bertz CT molecular complexity index is 674. The third-order valence-electron chi connectivity index (χ3n) is 2.78. The van der Waals surface area contributed by atoms with Crippen LogP contribution in [0.2, 0.25) is 0 Å². The van der Waals surface area contributed by atoms with Gasteiger partial charge in [0, 0.05) is 0 Å². The standard InChI is InChI=1S/C14H15N3O5S/c1-2-22-10-5-8(3-4-9(10)18)7-15-17-14-16-13(21)11(23-14)6-12(19)20/h3-5,7,11,18H,2,6H2,1H3,(H,19,20)(H,16,17,21)/b15-7-/t11-/m1/s1. The van der Waals surface area contributed by atoms with Crippen LogP contribution in [0.5, 0.6) is 11.5 Å². The van der Waals surface area contributed by atoms with Crippen molar-refractivity contribution in [3.63, 3.8) is 0 Å². The van der Waals surface area contributed by atoms with Gasteiger partial charge in [0.15, 0.2) is 16.7 Å². The van der Waals surface area contributed by atoms with Crippen molar-refractivity contribution < 1.29 is 24.5 Å². The van der Waals surface area contributed by atoms with Crippen LogP contribution in [0.4, 0.5) is 0 Å². The van der Waals surface area contributed by atoms with Crippen LogP contribution < -0.4 is 10.1 Å². The van der Waals surface area contributed by atoms with Crippen molar-refractivity contribution in [3.05, 3.63) is 23.8 Å². The summed E-state index contributed by atoms with van der Waals surface area (Å²) in [5.74, 6) is -1.07. The number of carboxylic acids is 1. The van der Waals surface area contributed by atoms with Gasteiger partial charge < -0.3 is 20.3 Å². The van der Waals surface area contributed by atoms with Gasteiger partial charge in [0.1, 0.15) is 5.25 Å². The van der Waals surface area contributed by atoms with Crippen LogP contribution in [0.3, 0.4) is 0 Å². The molecule has 1 fully saturated rings. The summed E-state index contributed by atoms with van der Waals surface area (Å²) >= 11 is 1.03. The largest absolute Gasteiger partial charge is 0.504 e. The Kier molecular flexibility index (Phi) is 5.58. The van der Waals surface area contributed by atoms with Gasteiger partial charge in [-0.1, -0.05) is 11.8 Å². The average Bonchev–Trinajstić information content (AvgIpc) is 2.82. The minimum Gasteiger partial charge on any atom is -0.504 e. The average molecular weight is 337 g/mol. The lowest BCUT2D eigenvalue weighted by Gasteiger charge is -2.05. The van der Waals surface area contributed by atoms with Crippen molar-refractivity contribution in [2.75, 3.05) is 6.61 Å². The Morgan fingerprint density at radius 3 is 3.00 bits per heavy atom. The zero-order valence-electron chi connectivity index (χ0n) is 12.2. The third kappa shape index (κ3) is 4.71. The number of hydrogen-bond donors (Lipinski definition) is 3. The first-order valence-corrected chi connectivity index (χ1v) is 7.63. The van der Waals surface area contributed by atoms with E-state index in [0.717, 1.165) is 11.8 Å². The number of aromatic hydroxyl groups is 1. The van der Waals surface area contributed by atoms with Gasteiger partial charge in [0.05, 0.1) is 19.2 Å². The van der Waals surface area contributed by atoms with E-state index in [1.54, 1.807) is 19.1 Å². The van der Waals surface area contributed by atoms with E-state index < -0.39 is 17.1 Å². The molecule has 23 heavy (non-hydrogen) atoms. The Morgan fingerprint density at radius 1 is 1.52 bits per heavy atom. The highest BCUT2D eigenvalue weighted by atomic mass is 32.2. The van der Waals surface area contributed by atoms with Crippen LogP contribution in [0, 0.1) is 0 Å². The number of carbonyl (C=O) groups excluding carboxylic acids is 1. The zero-order chi connectivity index (χ0) is 16.8. The molecule has 122 valence electrons. The summed E-state index contributed by atoms with van der Waals surface area (Å²) in [6.45, 7) is 2.23. The molecule has 1 saturated heterocycles. The Morgan fingerprint density at radius 2 is 2.30 bits per heavy atom. The molecule has 0 radical (unpaired) electrons. The van der Waals surface area contributed by atoms with Crippen LogP contribution in [0.15, 0.2) is 28.4 Å². The number of amides is 1. The van der Waals surface area contributed by atoms with E-state index in [9.17, 15) is 14.7 Å². The Balaban J connectivity index is 2.02. The monoisotopic (exact) mass is 337 g/mol. The molecule has 0 saturated carbocycles. The molecule has 1 amide bonds.